The van der Waals surface area contributed by atoms with Gasteiger partial charge in [-0.3, -0.25) is 9.59 Å². The Morgan fingerprint density at radius 1 is 1.43 bits per heavy atom. The fraction of sp³-hybridized carbons (Fsp3) is 0.467. The molecular weight excluding hydrogens is 313 g/mol. The average molecular weight is 330 g/mol. The van der Waals surface area contributed by atoms with Gasteiger partial charge in [-0.2, -0.15) is 0 Å². The van der Waals surface area contributed by atoms with E-state index >= 15 is 0 Å². The number of likely N-dealkylation sites (tertiary alicyclic amines) is 1. The number of carboxylic acid groups (broad SMARTS) is 1. The van der Waals surface area contributed by atoms with Gasteiger partial charge >= 0.3 is 5.97 Å². The van der Waals surface area contributed by atoms with Gasteiger partial charge in [0, 0.05) is 29.1 Å². The summed E-state index contributed by atoms with van der Waals surface area (Å²) in [6.45, 7) is 2.64. The van der Waals surface area contributed by atoms with Crippen LogP contribution in [0.15, 0.2) is 18.2 Å². The van der Waals surface area contributed by atoms with Gasteiger partial charge in [-0.15, -0.1) is 0 Å². The van der Waals surface area contributed by atoms with Crippen LogP contribution in [0.25, 0.3) is 0 Å². The summed E-state index contributed by atoms with van der Waals surface area (Å²) in [4.78, 5) is 24.9. The number of carboxylic acids is 1. The van der Waals surface area contributed by atoms with Crippen LogP contribution in [0.5, 0.6) is 0 Å². The highest BCUT2D eigenvalue weighted by molar-refractivity contribution is 6.35. The highest BCUT2D eigenvalue weighted by Crippen LogP contribution is 2.25. The molecule has 6 heteroatoms. The van der Waals surface area contributed by atoms with Crippen molar-refractivity contribution in [1.29, 1.82) is 0 Å². The Bertz CT molecular complexity index is 562. The minimum Gasteiger partial charge on any atom is -0.481 e. The molecule has 1 aliphatic rings. The average Bonchev–Trinajstić information content (AvgIpc) is 2.90. The predicted octanol–water partition coefficient (Wildman–Crippen LogP) is 3.11. The van der Waals surface area contributed by atoms with Gasteiger partial charge in [0.15, 0.2) is 0 Å². The number of hydrogen-bond acceptors (Lipinski definition) is 2. The maximum atomic E-state index is 12.4. The number of halogens is 2. The van der Waals surface area contributed by atoms with Crippen molar-refractivity contribution < 1.29 is 14.7 Å². The Kier molecular flexibility index (Phi) is 5.12. The predicted molar refractivity (Wildman–Crippen MR) is 81.7 cm³/mol. The molecule has 21 heavy (non-hydrogen) atoms. The first-order valence-electron chi connectivity index (χ1n) is 6.84. The maximum Gasteiger partial charge on any atom is 0.308 e. The Balaban J connectivity index is 1.98. The quantitative estimate of drug-likeness (QED) is 0.923. The molecule has 1 aromatic carbocycles. The van der Waals surface area contributed by atoms with Gasteiger partial charge < -0.3 is 10.0 Å². The lowest BCUT2D eigenvalue weighted by atomic mass is 10.00. The summed E-state index contributed by atoms with van der Waals surface area (Å²) in [6.07, 6.45) is 1.04. The van der Waals surface area contributed by atoms with Crippen molar-refractivity contribution in [1.82, 2.24) is 4.90 Å². The van der Waals surface area contributed by atoms with E-state index in [4.69, 9.17) is 28.3 Å². The molecule has 1 amide bonds. The summed E-state index contributed by atoms with van der Waals surface area (Å²) < 4.78 is 0. The second kappa shape index (κ2) is 6.67. The van der Waals surface area contributed by atoms with E-state index in [1.54, 1.807) is 17.0 Å². The Hall–Kier alpha value is -1.26. The molecule has 0 aliphatic carbocycles. The van der Waals surface area contributed by atoms with Crippen LogP contribution in [0.1, 0.15) is 18.9 Å². The number of aliphatic carboxylic acids is 1. The summed E-state index contributed by atoms with van der Waals surface area (Å²) in [7, 11) is 0. The SMILES string of the molecule is CC(Cc1ccc(Cl)cc1Cl)C(=O)N1CCC(C(=O)O)C1. The number of benzene rings is 1. The third-order valence-electron chi connectivity index (χ3n) is 3.81. The number of carbonyl (C=O) groups excluding carboxylic acids is 1. The molecule has 0 radical (unpaired) electrons. The highest BCUT2D eigenvalue weighted by atomic mass is 35.5. The van der Waals surface area contributed by atoms with Gasteiger partial charge in [-0.1, -0.05) is 36.2 Å². The van der Waals surface area contributed by atoms with Crippen LogP contribution in [0.3, 0.4) is 0 Å². The molecule has 0 spiro atoms. The van der Waals surface area contributed by atoms with Crippen LogP contribution in [-0.4, -0.2) is 35.0 Å². The summed E-state index contributed by atoms with van der Waals surface area (Å²) in [5, 5.41) is 10.1. The van der Waals surface area contributed by atoms with E-state index in [0.717, 1.165) is 5.56 Å². The van der Waals surface area contributed by atoms with E-state index in [2.05, 4.69) is 0 Å². The zero-order chi connectivity index (χ0) is 15.6. The fourth-order valence-corrected chi connectivity index (χ4v) is 3.06. The zero-order valence-electron chi connectivity index (χ0n) is 11.7. The van der Waals surface area contributed by atoms with E-state index in [1.807, 2.05) is 13.0 Å². The number of rotatable bonds is 4. The molecule has 1 N–H and O–H groups in total. The number of amides is 1. The normalized spacial score (nSPS) is 19.6. The second-order valence-corrected chi connectivity index (χ2v) is 6.29. The van der Waals surface area contributed by atoms with Crippen molar-refractivity contribution in [2.45, 2.75) is 19.8 Å². The van der Waals surface area contributed by atoms with Crippen molar-refractivity contribution in [3.63, 3.8) is 0 Å². The summed E-state index contributed by atoms with van der Waals surface area (Å²) in [5.41, 5.74) is 0.871. The number of hydrogen-bond donors (Lipinski definition) is 1. The fourth-order valence-electron chi connectivity index (χ4n) is 2.58. The lowest BCUT2D eigenvalue weighted by molar-refractivity contribution is -0.141. The van der Waals surface area contributed by atoms with E-state index < -0.39 is 11.9 Å². The van der Waals surface area contributed by atoms with Crippen molar-refractivity contribution in [3.8, 4) is 0 Å². The van der Waals surface area contributed by atoms with E-state index in [0.29, 0.717) is 36.0 Å². The lowest BCUT2D eigenvalue weighted by Gasteiger charge is -2.21. The van der Waals surface area contributed by atoms with Crippen molar-refractivity contribution in [2.24, 2.45) is 11.8 Å². The van der Waals surface area contributed by atoms with Crippen LogP contribution in [-0.2, 0) is 16.0 Å². The first-order chi connectivity index (χ1) is 9.88. The molecule has 0 bridgehead atoms. The summed E-state index contributed by atoms with van der Waals surface area (Å²) >= 11 is 12.0. The molecule has 1 saturated heterocycles. The van der Waals surface area contributed by atoms with Gasteiger partial charge in [-0.25, -0.2) is 0 Å². The summed E-state index contributed by atoms with van der Waals surface area (Å²) in [5.74, 6) is -1.54. The first kappa shape index (κ1) is 16.1. The standard InChI is InChI=1S/C15H17Cl2NO3/c1-9(6-10-2-3-12(16)7-13(10)17)14(19)18-5-4-11(8-18)15(20)21/h2-3,7,9,11H,4-6,8H2,1H3,(H,20,21). The number of nitrogens with zero attached hydrogens (tertiary/aromatic N) is 1. The molecule has 114 valence electrons. The third kappa shape index (κ3) is 3.89. The van der Waals surface area contributed by atoms with Crippen LogP contribution in [0.2, 0.25) is 10.0 Å². The molecule has 1 heterocycles. The molecular formula is C15H17Cl2NO3. The third-order valence-corrected chi connectivity index (χ3v) is 4.40. The van der Waals surface area contributed by atoms with Crippen molar-refractivity contribution in [3.05, 3.63) is 33.8 Å². The molecule has 1 aromatic rings. The van der Waals surface area contributed by atoms with E-state index in [9.17, 15) is 9.59 Å². The second-order valence-electron chi connectivity index (χ2n) is 5.45. The van der Waals surface area contributed by atoms with Crippen molar-refractivity contribution >= 4 is 35.1 Å². The van der Waals surface area contributed by atoms with E-state index in [1.165, 1.54) is 0 Å². The largest absolute Gasteiger partial charge is 0.481 e. The molecule has 2 rings (SSSR count). The van der Waals surface area contributed by atoms with Crippen LogP contribution in [0, 0.1) is 11.8 Å². The molecule has 2 atom stereocenters. The molecule has 1 aliphatic heterocycles. The van der Waals surface area contributed by atoms with E-state index in [-0.39, 0.29) is 11.8 Å². The monoisotopic (exact) mass is 329 g/mol. The van der Waals surface area contributed by atoms with Gasteiger partial charge in [0.05, 0.1) is 5.92 Å². The lowest BCUT2D eigenvalue weighted by Crippen LogP contribution is -2.34. The van der Waals surface area contributed by atoms with Gasteiger partial charge in [0.2, 0.25) is 5.91 Å². The summed E-state index contributed by atoms with van der Waals surface area (Å²) in [6, 6.07) is 5.22. The zero-order valence-corrected chi connectivity index (χ0v) is 13.2. The Morgan fingerprint density at radius 2 is 2.14 bits per heavy atom. The smallest absolute Gasteiger partial charge is 0.308 e. The molecule has 2 unspecified atom stereocenters. The van der Waals surface area contributed by atoms with Crippen molar-refractivity contribution in [2.75, 3.05) is 13.1 Å². The minimum atomic E-state index is -0.835. The van der Waals surface area contributed by atoms with Gasteiger partial charge in [-0.05, 0) is 30.5 Å². The Morgan fingerprint density at radius 3 is 2.71 bits per heavy atom. The Labute approximate surface area is 133 Å². The molecule has 0 aromatic heterocycles. The van der Waals surface area contributed by atoms with Crippen LogP contribution >= 0.6 is 23.2 Å². The topological polar surface area (TPSA) is 57.6 Å². The molecule has 1 fully saturated rings. The highest BCUT2D eigenvalue weighted by Gasteiger charge is 2.32. The van der Waals surface area contributed by atoms with Gasteiger partial charge in [0.25, 0.3) is 0 Å². The maximum absolute atomic E-state index is 12.4. The first-order valence-corrected chi connectivity index (χ1v) is 7.59. The minimum absolute atomic E-state index is 0.0234. The number of carbonyl (C=O) groups is 2. The van der Waals surface area contributed by atoms with Crippen LogP contribution in [0.4, 0.5) is 0 Å². The van der Waals surface area contributed by atoms with Gasteiger partial charge in [0.1, 0.15) is 0 Å². The molecule has 0 saturated carbocycles. The van der Waals surface area contributed by atoms with Crippen LogP contribution < -0.4 is 0 Å². The molecule has 4 nitrogen and oxygen atoms in total.